The molecule has 2 N–H and O–H groups in total. The van der Waals surface area contributed by atoms with Crippen LogP contribution in [0.15, 0.2) is 18.2 Å². The molecule has 0 saturated heterocycles. The maximum absolute atomic E-state index is 12.1. The summed E-state index contributed by atoms with van der Waals surface area (Å²) in [6.45, 7) is 4.05. The van der Waals surface area contributed by atoms with E-state index in [0.717, 1.165) is 0 Å². The number of halogens is 1. The Kier molecular flexibility index (Phi) is 6.12. The second-order valence-corrected chi connectivity index (χ2v) is 5.09. The molecule has 0 aromatic heterocycles. The van der Waals surface area contributed by atoms with Crippen molar-refractivity contribution in [2.75, 3.05) is 13.7 Å². The van der Waals surface area contributed by atoms with E-state index in [2.05, 4.69) is 5.32 Å². The summed E-state index contributed by atoms with van der Waals surface area (Å²) in [4.78, 5) is 12.1. The first-order valence-corrected chi connectivity index (χ1v) is 6.62. The van der Waals surface area contributed by atoms with Gasteiger partial charge in [0.05, 0.1) is 12.1 Å². The number of carbonyl (C=O) groups is 1. The van der Waals surface area contributed by atoms with Crippen molar-refractivity contribution in [2.24, 2.45) is 5.92 Å². The van der Waals surface area contributed by atoms with Gasteiger partial charge in [0.1, 0.15) is 5.75 Å². The molecule has 0 radical (unpaired) electrons. The van der Waals surface area contributed by atoms with Crippen LogP contribution < -0.4 is 10.1 Å². The lowest BCUT2D eigenvalue weighted by Gasteiger charge is -2.21. The fraction of sp³-hybridized carbons (Fsp3) is 0.500. The Morgan fingerprint density at radius 2 is 2.16 bits per heavy atom. The Morgan fingerprint density at radius 1 is 1.47 bits per heavy atom. The van der Waals surface area contributed by atoms with Gasteiger partial charge in [-0.25, -0.2) is 0 Å². The first-order valence-electron chi connectivity index (χ1n) is 6.24. The minimum atomic E-state index is -0.192. The molecule has 0 aliphatic heterocycles. The summed E-state index contributed by atoms with van der Waals surface area (Å²) < 4.78 is 5.08. The molecule has 4 nitrogen and oxygen atoms in total. The number of aliphatic hydroxyl groups is 1. The largest absolute Gasteiger partial charge is 0.495 e. The summed E-state index contributed by atoms with van der Waals surface area (Å²) >= 11 is 5.92. The zero-order valence-electron chi connectivity index (χ0n) is 11.4. The first-order chi connectivity index (χ1) is 8.99. The molecule has 106 valence electrons. The lowest BCUT2D eigenvalue weighted by Crippen LogP contribution is -2.39. The Bertz CT molecular complexity index is 435. The van der Waals surface area contributed by atoms with Crippen LogP contribution in [0.25, 0.3) is 0 Å². The number of amides is 1. The van der Waals surface area contributed by atoms with Crippen molar-refractivity contribution < 1.29 is 14.6 Å². The van der Waals surface area contributed by atoms with Gasteiger partial charge in [0.15, 0.2) is 0 Å². The average molecular weight is 286 g/mol. The highest BCUT2D eigenvalue weighted by atomic mass is 35.5. The van der Waals surface area contributed by atoms with Gasteiger partial charge < -0.3 is 15.2 Å². The third kappa shape index (κ3) is 4.40. The number of rotatable bonds is 6. The molecule has 0 aliphatic carbocycles. The van der Waals surface area contributed by atoms with Crippen LogP contribution in [0.4, 0.5) is 0 Å². The van der Waals surface area contributed by atoms with Gasteiger partial charge in [-0.15, -0.1) is 0 Å². The lowest BCUT2D eigenvalue weighted by molar-refractivity contribution is 0.0916. The number of carbonyl (C=O) groups excluding carboxylic acids is 1. The quantitative estimate of drug-likeness (QED) is 0.844. The van der Waals surface area contributed by atoms with Gasteiger partial charge in [-0.05, 0) is 30.5 Å². The zero-order valence-corrected chi connectivity index (χ0v) is 12.2. The monoisotopic (exact) mass is 285 g/mol. The van der Waals surface area contributed by atoms with E-state index < -0.39 is 0 Å². The Labute approximate surface area is 118 Å². The van der Waals surface area contributed by atoms with E-state index in [1.165, 1.54) is 7.11 Å². The second kappa shape index (κ2) is 7.36. The van der Waals surface area contributed by atoms with Gasteiger partial charge >= 0.3 is 0 Å². The summed E-state index contributed by atoms with van der Waals surface area (Å²) in [7, 11) is 1.51. The van der Waals surface area contributed by atoms with Crippen LogP contribution in [-0.2, 0) is 0 Å². The summed E-state index contributed by atoms with van der Waals surface area (Å²) in [6.07, 6.45) is 0.536. The van der Waals surface area contributed by atoms with Gasteiger partial charge in [-0.3, -0.25) is 4.79 Å². The molecule has 0 fully saturated rings. The molecule has 0 bridgehead atoms. The molecule has 1 amide bonds. The fourth-order valence-corrected chi connectivity index (χ4v) is 1.96. The summed E-state index contributed by atoms with van der Waals surface area (Å²) in [5.41, 5.74) is 0.491. The van der Waals surface area contributed by atoms with Gasteiger partial charge in [0.25, 0.3) is 5.91 Å². The topological polar surface area (TPSA) is 58.6 Å². The third-order valence-electron chi connectivity index (χ3n) is 2.97. The maximum Gasteiger partial charge on any atom is 0.251 e. The molecule has 1 rings (SSSR count). The zero-order chi connectivity index (χ0) is 14.4. The van der Waals surface area contributed by atoms with Gasteiger partial charge in [-0.2, -0.15) is 0 Å². The number of hydrogen-bond acceptors (Lipinski definition) is 3. The number of benzene rings is 1. The van der Waals surface area contributed by atoms with Crippen molar-refractivity contribution in [1.82, 2.24) is 5.32 Å². The van der Waals surface area contributed by atoms with E-state index in [9.17, 15) is 4.79 Å². The molecule has 0 spiro atoms. The van der Waals surface area contributed by atoms with Crippen molar-refractivity contribution in [3.8, 4) is 5.75 Å². The number of aliphatic hydroxyl groups excluding tert-OH is 1. The average Bonchev–Trinajstić information content (AvgIpc) is 2.38. The normalized spacial score (nSPS) is 12.3. The molecular weight excluding hydrogens is 266 g/mol. The van der Waals surface area contributed by atoms with Gasteiger partial charge in [0, 0.05) is 18.2 Å². The number of nitrogens with one attached hydrogen (secondary N) is 1. The molecule has 19 heavy (non-hydrogen) atoms. The predicted octanol–water partition coefficient (Wildman–Crippen LogP) is 2.49. The molecule has 1 aromatic rings. The van der Waals surface area contributed by atoms with Crippen molar-refractivity contribution in [3.63, 3.8) is 0 Å². The standard InChI is InChI=1S/C14H20ClNO3/c1-9(2)12(6-7-17)16-14(18)10-4-5-11(15)13(8-10)19-3/h4-5,8-9,12,17H,6-7H2,1-3H3,(H,16,18). The molecule has 5 heteroatoms. The SMILES string of the molecule is COc1cc(C(=O)NC(CCO)C(C)C)ccc1Cl. The summed E-state index contributed by atoms with van der Waals surface area (Å²) in [6, 6.07) is 4.83. The van der Waals surface area contributed by atoms with Crippen LogP contribution in [0.3, 0.4) is 0 Å². The Balaban J connectivity index is 2.82. The number of methoxy groups -OCH3 is 1. The molecular formula is C14H20ClNO3. The minimum absolute atomic E-state index is 0.0487. The van der Waals surface area contributed by atoms with E-state index in [0.29, 0.717) is 22.8 Å². The third-order valence-corrected chi connectivity index (χ3v) is 3.29. The van der Waals surface area contributed by atoms with Crippen LogP contribution in [0, 0.1) is 5.92 Å². The Morgan fingerprint density at radius 3 is 2.68 bits per heavy atom. The number of hydrogen-bond donors (Lipinski definition) is 2. The molecule has 0 heterocycles. The first kappa shape index (κ1) is 15.8. The fourth-order valence-electron chi connectivity index (χ4n) is 1.76. The molecule has 1 unspecified atom stereocenters. The van der Waals surface area contributed by atoms with Crippen molar-refractivity contribution in [1.29, 1.82) is 0 Å². The summed E-state index contributed by atoms with van der Waals surface area (Å²) in [5, 5.41) is 12.4. The van der Waals surface area contributed by atoms with Crippen LogP contribution >= 0.6 is 11.6 Å². The van der Waals surface area contributed by atoms with Crippen molar-refractivity contribution >= 4 is 17.5 Å². The Hall–Kier alpha value is -1.26. The van der Waals surface area contributed by atoms with Crippen LogP contribution in [-0.4, -0.2) is 30.8 Å². The van der Waals surface area contributed by atoms with Gasteiger partial charge in [0.2, 0.25) is 0 Å². The van der Waals surface area contributed by atoms with E-state index in [1.807, 2.05) is 13.8 Å². The number of ether oxygens (including phenoxy) is 1. The lowest BCUT2D eigenvalue weighted by atomic mass is 10.0. The van der Waals surface area contributed by atoms with Crippen LogP contribution in [0.2, 0.25) is 5.02 Å². The highest BCUT2D eigenvalue weighted by Crippen LogP contribution is 2.25. The van der Waals surface area contributed by atoms with E-state index >= 15 is 0 Å². The van der Waals surface area contributed by atoms with E-state index in [4.69, 9.17) is 21.4 Å². The molecule has 0 saturated carbocycles. The highest BCUT2D eigenvalue weighted by molar-refractivity contribution is 6.32. The predicted molar refractivity (Wildman–Crippen MR) is 75.8 cm³/mol. The molecule has 0 aliphatic rings. The van der Waals surface area contributed by atoms with Crippen molar-refractivity contribution in [2.45, 2.75) is 26.3 Å². The second-order valence-electron chi connectivity index (χ2n) is 4.69. The van der Waals surface area contributed by atoms with Crippen LogP contribution in [0.1, 0.15) is 30.6 Å². The van der Waals surface area contributed by atoms with E-state index in [-0.39, 0.29) is 24.5 Å². The van der Waals surface area contributed by atoms with Crippen molar-refractivity contribution in [3.05, 3.63) is 28.8 Å². The molecule has 1 aromatic carbocycles. The van der Waals surface area contributed by atoms with E-state index in [1.54, 1.807) is 18.2 Å². The molecule has 1 atom stereocenters. The summed E-state index contributed by atoms with van der Waals surface area (Å²) in [5.74, 6) is 0.532. The smallest absolute Gasteiger partial charge is 0.251 e. The van der Waals surface area contributed by atoms with Gasteiger partial charge in [-0.1, -0.05) is 25.4 Å². The minimum Gasteiger partial charge on any atom is -0.495 e. The maximum atomic E-state index is 12.1. The highest BCUT2D eigenvalue weighted by Gasteiger charge is 2.17. The van der Waals surface area contributed by atoms with Crippen LogP contribution in [0.5, 0.6) is 5.75 Å².